The Kier molecular flexibility index (Phi) is 5.01. The third-order valence-electron chi connectivity index (χ3n) is 3.25. The Hall–Kier alpha value is -0.850. The zero-order chi connectivity index (χ0) is 13.7. The van der Waals surface area contributed by atoms with Crippen LogP contribution in [-0.4, -0.2) is 37.6 Å². The van der Waals surface area contributed by atoms with E-state index in [1.165, 1.54) is 17.1 Å². The number of furan rings is 1. The number of sulfonamides is 1. The highest BCUT2D eigenvalue weighted by molar-refractivity contribution is 7.89. The molecule has 0 unspecified atom stereocenters. The molecule has 1 aromatic heterocycles. The van der Waals surface area contributed by atoms with Crippen molar-refractivity contribution >= 4 is 10.0 Å². The molecule has 108 valence electrons. The predicted octanol–water partition coefficient (Wildman–Crippen LogP) is 1.57. The van der Waals surface area contributed by atoms with Crippen LogP contribution in [0.1, 0.15) is 31.9 Å². The normalized spacial score (nSPS) is 16.1. The van der Waals surface area contributed by atoms with Crippen molar-refractivity contribution in [2.24, 2.45) is 0 Å². The van der Waals surface area contributed by atoms with Gasteiger partial charge in [0.1, 0.15) is 5.76 Å². The molecule has 0 aromatic carbocycles. The van der Waals surface area contributed by atoms with E-state index in [2.05, 4.69) is 5.32 Å². The van der Waals surface area contributed by atoms with Gasteiger partial charge in [0, 0.05) is 12.6 Å². The molecule has 0 amide bonds. The van der Waals surface area contributed by atoms with E-state index in [0.717, 1.165) is 6.54 Å². The highest BCUT2D eigenvalue weighted by Gasteiger charge is 2.23. The highest BCUT2D eigenvalue weighted by Crippen LogP contribution is 2.18. The van der Waals surface area contributed by atoms with Crippen LogP contribution in [0.15, 0.2) is 22.8 Å². The Balaban J connectivity index is 1.80. The van der Waals surface area contributed by atoms with Gasteiger partial charge in [0.15, 0.2) is 0 Å². The molecule has 1 N–H and O–H groups in total. The third-order valence-corrected chi connectivity index (χ3v) is 5.23. The molecule has 5 nitrogen and oxygen atoms in total. The van der Waals surface area contributed by atoms with Gasteiger partial charge in [0.05, 0.1) is 18.6 Å². The van der Waals surface area contributed by atoms with Gasteiger partial charge in [0.2, 0.25) is 10.0 Å². The Morgan fingerprint density at radius 2 is 2.26 bits per heavy atom. The van der Waals surface area contributed by atoms with Crippen LogP contribution in [0.3, 0.4) is 0 Å². The molecule has 6 heteroatoms. The maximum atomic E-state index is 12.2. The summed E-state index contributed by atoms with van der Waals surface area (Å²) in [5.41, 5.74) is 0. The minimum absolute atomic E-state index is 0.196. The van der Waals surface area contributed by atoms with Crippen molar-refractivity contribution in [1.29, 1.82) is 0 Å². The Morgan fingerprint density at radius 3 is 2.84 bits per heavy atom. The largest absolute Gasteiger partial charge is 0.468 e. The molecule has 1 saturated carbocycles. The van der Waals surface area contributed by atoms with Crippen molar-refractivity contribution in [2.45, 2.75) is 38.8 Å². The van der Waals surface area contributed by atoms with Gasteiger partial charge >= 0.3 is 0 Å². The fraction of sp³-hybridized carbons (Fsp3) is 0.692. The second kappa shape index (κ2) is 6.54. The zero-order valence-corrected chi connectivity index (χ0v) is 12.2. The van der Waals surface area contributed by atoms with E-state index in [4.69, 9.17) is 4.42 Å². The molecule has 1 aromatic rings. The van der Waals surface area contributed by atoms with Crippen molar-refractivity contribution < 1.29 is 12.8 Å². The molecule has 1 aliphatic carbocycles. The van der Waals surface area contributed by atoms with Crippen LogP contribution < -0.4 is 5.32 Å². The molecule has 1 heterocycles. The molecule has 1 aliphatic rings. The maximum absolute atomic E-state index is 12.2. The summed E-state index contributed by atoms with van der Waals surface area (Å²) in [5.74, 6) is 0.878. The lowest BCUT2D eigenvalue weighted by molar-refractivity contribution is 0.375. The second-order valence-electron chi connectivity index (χ2n) is 4.90. The van der Waals surface area contributed by atoms with E-state index in [0.29, 0.717) is 31.3 Å². The van der Waals surface area contributed by atoms with Crippen LogP contribution in [0, 0.1) is 0 Å². The van der Waals surface area contributed by atoms with E-state index in [1.807, 2.05) is 6.92 Å². The first-order valence-corrected chi connectivity index (χ1v) is 8.46. The first-order chi connectivity index (χ1) is 9.12. The predicted molar refractivity (Wildman–Crippen MR) is 74.2 cm³/mol. The summed E-state index contributed by atoms with van der Waals surface area (Å²) >= 11 is 0. The van der Waals surface area contributed by atoms with Crippen molar-refractivity contribution in [3.8, 4) is 0 Å². The lowest BCUT2D eigenvalue weighted by atomic mass is 10.4. The van der Waals surface area contributed by atoms with Gasteiger partial charge in [-0.2, -0.15) is 4.31 Å². The Morgan fingerprint density at radius 1 is 1.47 bits per heavy atom. The van der Waals surface area contributed by atoms with Gasteiger partial charge in [-0.05, 0) is 37.9 Å². The van der Waals surface area contributed by atoms with Crippen LogP contribution in [-0.2, 0) is 16.6 Å². The Labute approximate surface area is 115 Å². The first kappa shape index (κ1) is 14.6. The molecule has 2 rings (SSSR count). The summed E-state index contributed by atoms with van der Waals surface area (Å²) in [6.45, 7) is 3.42. The quantitative estimate of drug-likeness (QED) is 0.700. The van der Waals surface area contributed by atoms with E-state index in [9.17, 15) is 8.42 Å². The maximum Gasteiger partial charge on any atom is 0.214 e. The topological polar surface area (TPSA) is 62.6 Å². The monoisotopic (exact) mass is 286 g/mol. The Bertz CT molecular complexity index is 466. The third kappa shape index (κ3) is 4.63. The summed E-state index contributed by atoms with van der Waals surface area (Å²) in [4.78, 5) is 0. The minimum atomic E-state index is -3.19. The van der Waals surface area contributed by atoms with E-state index in [-0.39, 0.29) is 5.75 Å². The molecule has 0 spiro atoms. The molecular formula is C13H22N2O3S. The lowest BCUT2D eigenvalue weighted by Crippen LogP contribution is -2.33. The lowest BCUT2D eigenvalue weighted by Gasteiger charge is -2.19. The highest BCUT2D eigenvalue weighted by atomic mass is 32.2. The van der Waals surface area contributed by atoms with E-state index in [1.54, 1.807) is 18.4 Å². The van der Waals surface area contributed by atoms with Crippen molar-refractivity contribution in [3.63, 3.8) is 0 Å². The van der Waals surface area contributed by atoms with Crippen LogP contribution in [0.4, 0.5) is 0 Å². The number of hydrogen-bond donors (Lipinski definition) is 1. The van der Waals surface area contributed by atoms with E-state index >= 15 is 0 Å². The number of rotatable bonds is 9. The number of nitrogens with zero attached hydrogens (tertiary/aromatic N) is 1. The molecule has 19 heavy (non-hydrogen) atoms. The van der Waals surface area contributed by atoms with Crippen LogP contribution >= 0.6 is 0 Å². The molecule has 0 atom stereocenters. The summed E-state index contributed by atoms with van der Waals surface area (Å²) in [7, 11) is -3.19. The second-order valence-corrected chi connectivity index (χ2v) is 6.99. The van der Waals surface area contributed by atoms with Gasteiger partial charge in [-0.15, -0.1) is 0 Å². The van der Waals surface area contributed by atoms with Gasteiger partial charge < -0.3 is 9.73 Å². The smallest absolute Gasteiger partial charge is 0.214 e. The van der Waals surface area contributed by atoms with Crippen LogP contribution in [0.25, 0.3) is 0 Å². The number of hydrogen-bond acceptors (Lipinski definition) is 4. The SMILES string of the molecule is CCN(Cc1ccco1)S(=O)(=O)CCCNC1CC1. The van der Waals surface area contributed by atoms with E-state index < -0.39 is 10.0 Å². The van der Waals surface area contributed by atoms with Crippen molar-refractivity contribution in [1.82, 2.24) is 9.62 Å². The fourth-order valence-corrected chi connectivity index (χ4v) is 3.45. The molecule has 0 saturated heterocycles. The van der Waals surface area contributed by atoms with Gasteiger partial charge in [0.25, 0.3) is 0 Å². The van der Waals surface area contributed by atoms with Gasteiger partial charge in [-0.1, -0.05) is 6.92 Å². The average Bonchev–Trinajstić information content (AvgIpc) is 3.06. The molecule has 1 fully saturated rings. The van der Waals surface area contributed by atoms with Gasteiger partial charge in [-0.3, -0.25) is 0 Å². The summed E-state index contributed by atoms with van der Waals surface area (Å²) in [6.07, 6.45) is 4.68. The van der Waals surface area contributed by atoms with Crippen LogP contribution in [0.5, 0.6) is 0 Å². The van der Waals surface area contributed by atoms with Gasteiger partial charge in [-0.25, -0.2) is 8.42 Å². The fourth-order valence-electron chi connectivity index (χ4n) is 1.96. The standard InChI is InChI=1S/C13H22N2O3S/c1-2-15(11-13-5-3-9-18-13)19(16,17)10-4-8-14-12-6-7-12/h3,5,9,12,14H,2,4,6-8,10-11H2,1H3. The molecular weight excluding hydrogens is 264 g/mol. The first-order valence-electron chi connectivity index (χ1n) is 6.85. The minimum Gasteiger partial charge on any atom is -0.468 e. The molecule has 0 bridgehead atoms. The summed E-state index contributed by atoms with van der Waals surface area (Å²) < 4.78 is 31.1. The number of nitrogens with one attached hydrogen (secondary N) is 1. The zero-order valence-electron chi connectivity index (χ0n) is 11.3. The van der Waals surface area contributed by atoms with Crippen LogP contribution in [0.2, 0.25) is 0 Å². The van der Waals surface area contributed by atoms with Crippen molar-refractivity contribution in [3.05, 3.63) is 24.2 Å². The summed E-state index contributed by atoms with van der Waals surface area (Å²) in [5, 5.41) is 3.33. The molecule has 0 aliphatic heterocycles. The average molecular weight is 286 g/mol. The van der Waals surface area contributed by atoms with Crippen molar-refractivity contribution in [2.75, 3.05) is 18.8 Å². The molecule has 0 radical (unpaired) electrons. The summed E-state index contributed by atoms with van der Waals surface area (Å²) in [6, 6.07) is 4.20.